The fourth-order valence-corrected chi connectivity index (χ4v) is 3.83. The monoisotopic (exact) mass is 409 g/mol. The highest BCUT2D eigenvalue weighted by Crippen LogP contribution is 2.32. The predicted molar refractivity (Wildman–Crippen MR) is 121 cm³/mol. The number of benzene rings is 3. The molecule has 4 nitrogen and oxygen atoms in total. The summed E-state index contributed by atoms with van der Waals surface area (Å²) in [4.78, 5) is 21.0. The minimum Gasteiger partial charge on any atom is -0.353 e. The van der Waals surface area contributed by atoms with Crippen molar-refractivity contribution >= 4 is 27.7 Å². The molecule has 0 aliphatic rings. The van der Waals surface area contributed by atoms with Gasteiger partial charge < -0.3 is 10.3 Å². The number of nitrogens with zero attached hydrogens (tertiary/aromatic N) is 1. The molecule has 31 heavy (non-hydrogen) atoms. The summed E-state index contributed by atoms with van der Waals surface area (Å²) in [6.07, 6.45) is 0.743. The first-order valence-electron chi connectivity index (χ1n) is 10.2. The second-order valence-electron chi connectivity index (χ2n) is 7.45. The van der Waals surface area contributed by atoms with Crippen molar-refractivity contribution in [2.24, 2.45) is 0 Å². The van der Waals surface area contributed by atoms with Crippen molar-refractivity contribution < 1.29 is 9.18 Å². The van der Waals surface area contributed by atoms with E-state index < -0.39 is 0 Å². The predicted octanol–water partition coefficient (Wildman–Crippen LogP) is 5.49. The van der Waals surface area contributed by atoms with Crippen molar-refractivity contribution in [2.75, 3.05) is 6.54 Å². The molecular formula is C26H20FN3O. The van der Waals surface area contributed by atoms with Gasteiger partial charge in [-0.15, -0.1) is 0 Å². The Bertz CT molecular complexity index is 1380. The quantitative estimate of drug-likeness (QED) is 0.403. The Kier molecular flexibility index (Phi) is 4.92. The van der Waals surface area contributed by atoms with E-state index in [9.17, 15) is 9.18 Å². The summed E-state index contributed by atoms with van der Waals surface area (Å²) in [5.41, 5.74) is 4.66. The molecule has 0 saturated heterocycles. The van der Waals surface area contributed by atoms with Crippen LogP contribution in [0.15, 0.2) is 84.9 Å². The number of carbonyl (C=O) groups is 1. The highest BCUT2D eigenvalue weighted by atomic mass is 19.1. The van der Waals surface area contributed by atoms with Crippen LogP contribution >= 0.6 is 0 Å². The van der Waals surface area contributed by atoms with Crippen LogP contribution in [-0.2, 0) is 6.42 Å². The molecule has 5 aromatic rings. The van der Waals surface area contributed by atoms with Gasteiger partial charge in [0, 0.05) is 28.4 Å². The molecule has 0 bridgehead atoms. The number of aromatic amines is 1. The fourth-order valence-electron chi connectivity index (χ4n) is 3.83. The molecule has 0 aliphatic heterocycles. The molecule has 0 fully saturated rings. The maximum Gasteiger partial charge on any atom is 0.269 e. The number of aromatic nitrogens is 2. The number of hydrogen-bond acceptors (Lipinski definition) is 2. The number of halogens is 1. The van der Waals surface area contributed by atoms with E-state index in [1.165, 1.54) is 12.1 Å². The molecule has 0 unspecified atom stereocenters. The third kappa shape index (κ3) is 3.78. The van der Waals surface area contributed by atoms with Crippen LogP contribution < -0.4 is 5.32 Å². The van der Waals surface area contributed by atoms with E-state index >= 15 is 0 Å². The van der Waals surface area contributed by atoms with Gasteiger partial charge in [0.15, 0.2) is 0 Å². The lowest BCUT2D eigenvalue weighted by Crippen LogP contribution is -2.26. The summed E-state index contributed by atoms with van der Waals surface area (Å²) in [6.45, 7) is 0.516. The van der Waals surface area contributed by atoms with Gasteiger partial charge >= 0.3 is 0 Å². The number of rotatable bonds is 5. The first-order valence-corrected chi connectivity index (χ1v) is 10.2. The van der Waals surface area contributed by atoms with Crippen LogP contribution in [0.5, 0.6) is 0 Å². The zero-order valence-electron chi connectivity index (χ0n) is 16.7. The largest absolute Gasteiger partial charge is 0.353 e. The third-order valence-corrected chi connectivity index (χ3v) is 5.39. The van der Waals surface area contributed by atoms with Crippen LogP contribution in [0.1, 0.15) is 16.1 Å². The van der Waals surface area contributed by atoms with Crippen molar-refractivity contribution in [3.8, 4) is 11.3 Å². The second-order valence-corrected chi connectivity index (χ2v) is 7.45. The summed E-state index contributed by atoms with van der Waals surface area (Å²) < 4.78 is 13.5. The fraction of sp³-hybridized carbons (Fsp3) is 0.0769. The zero-order chi connectivity index (χ0) is 21.2. The number of fused-ring (bicyclic) bond motifs is 3. The standard InChI is InChI=1S/C26H20FN3O/c27-19-12-10-18(11-13-19)24-25-21(20-8-4-5-9-22(20)29-25)16-23(30-24)26(31)28-15-14-17-6-2-1-3-7-17/h1-13,16,29H,14-15H2,(H,28,31). The van der Waals surface area contributed by atoms with Gasteiger partial charge in [0.1, 0.15) is 11.5 Å². The van der Waals surface area contributed by atoms with Gasteiger partial charge in [-0.05, 0) is 48.4 Å². The van der Waals surface area contributed by atoms with E-state index in [1.807, 2.05) is 60.7 Å². The molecular weight excluding hydrogens is 389 g/mol. The lowest BCUT2D eigenvalue weighted by atomic mass is 10.1. The van der Waals surface area contributed by atoms with E-state index in [0.29, 0.717) is 17.9 Å². The van der Waals surface area contributed by atoms with Crippen LogP contribution in [0.25, 0.3) is 33.1 Å². The summed E-state index contributed by atoms with van der Waals surface area (Å²) in [6, 6.07) is 25.9. The second kappa shape index (κ2) is 8.03. The van der Waals surface area contributed by atoms with Gasteiger partial charge in [-0.3, -0.25) is 4.79 Å². The summed E-state index contributed by atoms with van der Waals surface area (Å²) >= 11 is 0. The summed E-state index contributed by atoms with van der Waals surface area (Å²) in [5, 5.41) is 4.90. The van der Waals surface area contributed by atoms with Gasteiger partial charge in [0.05, 0.1) is 11.2 Å². The van der Waals surface area contributed by atoms with Gasteiger partial charge in [-0.25, -0.2) is 9.37 Å². The Morgan fingerprint density at radius 3 is 2.45 bits per heavy atom. The number of hydrogen-bond donors (Lipinski definition) is 2. The smallest absolute Gasteiger partial charge is 0.269 e. The zero-order valence-corrected chi connectivity index (χ0v) is 16.7. The number of amides is 1. The molecule has 0 saturated carbocycles. The van der Waals surface area contributed by atoms with E-state index in [-0.39, 0.29) is 11.7 Å². The Morgan fingerprint density at radius 1 is 0.903 bits per heavy atom. The van der Waals surface area contributed by atoms with Crippen molar-refractivity contribution in [2.45, 2.75) is 6.42 Å². The van der Waals surface area contributed by atoms with Gasteiger partial charge in [-0.1, -0.05) is 48.5 Å². The molecule has 5 rings (SSSR count). The molecule has 3 aromatic carbocycles. The average Bonchev–Trinajstić information content (AvgIpc) is 3.18. The number of carbonyl (C=O) groups excluding carboxylic acids is 1. The molecule has 0 aliphatic carbocycles. The van der Waals surface area contributed by atoms with E-state index in [1.54, 1.807) is 12.1 Å². The molecule has 1 amide bonds. The normalized spacial score (nSPS) is 11.1. The van der Waals surface area contributed by atoms with Gasteiger partial charge in [0.25, 0.3) is 5.91 Å². The molecule has 0 radical (unpaired) electrons. The van der Waals surface area contributed by atoms with Gasteiger partial charge in [-0.2, -0.15) is 0 Å². The van der Waals surface area contributed by atoms with E-state index in [4.69, 9.17) is 0 Å². The Hall–Kier alpha value is -3.99. The number of nitrogens with one attached hydrogen (secondary N) is 2. The molecule has 5 heteroatoms. The molecule has 152 valence electrons. The maximum absolute atomic E-state index is 13.5. The topological polar surface area (TPSA) is 57.8 Å². The number of H-pyrrole nitrogens is 1. The van der Waals surface area contributed by atoms with Crippen LogP contribution in [0.3, 0.4) is 0 Å². The SMILES string of the molecule is O=C(NCCc1ccccc1)c1cc2c([nH]c3ccccc32)c(-c2ccc(F)cc2)n1. The Balaban J connectivity index is 1.54. The van der Waals surface area contributed by atoms with E-state index in [2.05, 4.69) is 15.3 Å². The number of para-hydroxylation sites is 1. The molecule has 2 aromatic heterocycles. The van der Waals surface area contributed by atoms with Crippen molar-refractivity contribution in [3.63, 3.8) is 0 Å². The third-order valence-electron chi connectivity index (χ3n) is 5.39. The molecule has 2 heterocycles. The Morgan fingerprint density at radius 2 is 1.65 bits per heavy atom. The first kappa shape index (κ1) is 19.0. The van der Waals surface area contributed by atoms with Gasteiger partial charge in [0.2, 0.25) is 0 Å². The lowest BCUT2D eigenvalue weighted by Gasteiger charge is -2.09. The van der Waals surface area contributed by atoms with Crippen LogP contribution in [0.4, 0.5) is 4.39 Å². The summed E-state index contributed by atoms with van der Waals surface area (Å²) in [7, 11) is 0. The lowest BCUT2D eigenvalue weighted by molar-refractivity contribution is 0.0949. The molecule has 0 atom stereocenters. The molecule has 2 N–H and O–H groups in total. The molecule has 0 spiro atoms. The van der Waals surface area contributed by atoms with E-state index in [0.717, 1.165) is 39.4 Å². The maximum atomic E-state index is 13.5. The highest BCUT2D eigenvalue weighted by molar-refractivity contribution is 6.13. The van der Waals surface area contributed by atoms with Crippen molar-refractivity contribution in [1.82, 2.24) is 15.3 Å². The minimum atomic E-state index is -0.313. The van der Waals surface area contributed by atoms with Crippen molar-refractivity contribution in [1.29, 1.82) is 0 Å². The number of pyridine rings is 1. The Labute approximate surface area is 178 Å². The van der Waals surface area contributed by atoms with Crippen LogP contribution in [0, 0.1) is 5.82 Å². The van der Waals surface area contributed by atoms with Crippen LogP contribution in [-0.4, -0.2) is 22.4 Å². The average molecular weight is 409 g/mol. The summed E-state index contributed by atoms with van der Waals surface area (Å²) in [5.74, 6) is -0.544. The van der Waals surface area contributed by atoms with Crippen molar-refractivity contribution in [3.05, 3.63) is 102 Å². The highest BCUT2D eigenvalue weighted by Gasteiger charge is 2.17. The van der Waals surface area contributed by atoms with Crippen LogP contribution in [0.2, 0.25) is 0 Å². The minimum absolute atomic E-state index is 0.230. The first-order chi connectivity index (χ1) is 15.2.